The molecular formula is C12H12BrN3. The number of hydrogen-bond donors (Lipinski definition) is 1. The van der Waals surface area contributed by atoms with E-state index in [9.17, 15) is 0 Å². The summed E-state index contributed by atoms with van der Waals surface area (Å²) in [4.78, 5) is 8.50. The molecule has 1 aromatic heterocycles. The van der Waals surface area contributed by atoms with E-state index in [2.05, 4.69) is 51.9 Å². The smallest absolute Gasteiger partial charge is 0.157 e. The highest BCUT2D eigenvalue weighted by atomic mass is 79.9. The van der Waals surface area contributed by atoms with Crippen LogP contribution < -0.4 is 5.73 Å². The summed E-state index contributed by atoms with van der Waals surface area (Å²) in [6.45, 7) is 4.12. The molecule has 0 fully saturated rings. The molecule has 0 saturated carbocycles. The number of anilines is 1. The van der Waals surface area contributed by atoms with Crippen molar-refractivity contribution in [1.29, 1.82) is 0 Å². The van der Waals surface area contributed by atoms with Crippen LogP contribution in [0.15, 0.2) is 29.0 Å². The molecule has 0 atom stereocenters. The lowest BCUT2D eigenvalue weighted by atomic mass is 10.0. The van der Waals surface area contributed by atoms with Crippen molar-refractivity contribution in [3.05, 3.63) is 40.1 Å². The van der Waals surface area contributed by atoms with Crippen molar-refractivity contribution in [2.45, 2.75) is 13.8 Å². The quantitative estimate of drug-likeness (QED) is 0.872. The fourth-order valence-corrected chi connectivity index (χ4v) is 1.92. The van der Waals surface area contributed by atoms with E-state index in [1.54, 1.807) is 6.20 Å². The van der Waals surface area contributed by atoms with Crippen molar-refractivity contribution in [1.82, 2.24) is 9.97 Å². The van der Waals surface area contributed by atoms with Crippen LogP contribution >= 0.6 is 15.9 Å². The average Bonchev–Trinajstić information content (AvgIpc) is 2.23. The maximum absolute atomic E-state index is 5.74. The van der Waals surface area contributed by atoms with Crippen LogP contribution in [0.3, 0.4) is 0 Å². The van der Waals surface area contributed by atoms with Crippen molar-refractivity contribution in [3.63, 3.8) is 0 Å². The lowest BCUT2D eigenvalue weighted by Crippen LogP contribution is -1.98. The molecule has 2 aromatic rings. The highest BCUT2D eigenvalue weighted by molar-refractivity contribution is 9.10. The van der Waals surface area contributed by atoms with E-state index in [1.807, 2.05) is 6.07 Å². The third-order valence-corrected chi connectivity index (χ3v) is 3.10. The summed E-state index contributed by atoms with van der Waals surface area (Å²) in [5.74, 6) is 0.417. The van der Waals surface area contributed by atoms with Gasteiger partial charge in [-0.1, -0.05) is 18.2 Å². The lowest BCUT2D eigenvalue weighted by Gasteiger charge is -2.09. The second kappa shape index (κ2) is 4.22. The van der Waals surface area contributed by atoms with Crippen LogP contribution in [-0.2, 0) is 0 Å². The Balaban J connectivity index is 2.63. The van der Waals surface area contributed by atoms with Crippen molar-refractivity contribution < 1.29 is 0 Å². The van der Waals surface area contributed by atoms with Crippen LogP contribution in [0.4, 0.5) is 5.82 Å². The molecule has 1 aromatic carbocycles. The van der Waals surface area contributed by atoms with E-state index in [0.717, 1.165) is 11.3 Å². The van der Waals surface area contributed by atoms with Gasteiger partial charge in [-0.3, -0.25) is 0 Å². The number of nitrogen functional groups attached to an aromatic ring is 1. The van der Waals surface area contributed by atoms with Crippen LogP contribution in [-0.4, -0.2) is 9.97 Å². The monoisotopic (exact) mass is 277 g/mol. The summed E-state index contributed by atoms with van der Waals surface area (Å²) < 4.78 is 0.586. The summed E-state index contributed by atoms with van der Waals surface area (Å²) in [7, 11) is 0. The first-order valence-corrected chi connectivity index (χ1v) is 5.73. The maximum Gasteiger partial charge on any atom is 0.157 e. The van der Waals surface area contributed by atoms with Crippen molar-refractivity contribution in [3.8, 4) is 11.3 Å². The first-order valence-electron chi connectivity index (χ1n) is 4.94. The minimum atomic E-state index is 0.417. The van der Waals surface area contributed by atoms with Crippen LogP contribution in [0.5, 0.6) is 0 Å². The normalized spacial score (nSPS) is 10.4. The Morgan fingerprint density at radius 1 is 1.19 bits per heavy atom. The van der Waals surface area contributed by atoms with E-state index in [4.69, 9.17) is 5.73 Å². The molecule has 0 amide bonds. The molecule has 0 saturated heterocycles. The predicted octanol–water partition coefficient (Wildman–Crippen LogP) is 3.11. The fourth-order valence-electron chi connectivity index (χ4n) is 1.73. The molecule has 0 aliphatic heterocycles. The maximum atomic E-state index is 5.74. The predicted molar refractivity (Wildman–Crippen MR) is 69.1 cm³/mol. The second-order valence-corrected chi connectivity index (χ2v) is 4.45. The molecule has 16 heavy (non-hydrogen) atoms. The number of nitrogens with two attached hydrogens (primary N) is 1. The van der Waals surface area contributed by atoms with Gasteiger partial charge in [-0.05, 0) is 40.9 Å². The van der Waals surface area contributed by atoms with Gasteiger partial charge >= 0.3 is 0 Å². The van der Waals surface area contributed by atoms with Crippen LogP contribution in [0.2, 0.25) is 0 Å². The molecule has 3 nitrogen and oxygen atoms in total. The molecule has 82 valence electrons. The van der Waals surface area contributed by atoms with E-state index in [0.29, 0.717) is 10.4 Å². The zero-order valence-corrected chi connectivity index (χ0v) is 10.7. The van der Waals surface area contributed by atoms with Gasteiger partial charge in [-0.25, -0.2) is 9.97 Å². The number of nitrogens with zero attached hydrogens (tertiary/aromatic N) is 2. The summed E-state index contributed by atoms with van der Waals surface area (Å²) in [5.41, 5.74) is 10.0. The number of aryl methyl sites for hydroxylation is 2. The van der Waals surface area contributed by atoms with Crippen LogP contribution in [0.1, 0.15) is 11.1 Å². The Hall–Kier alpha value is -1.42. The molecule has 4 heteroatoms. The lowest BCUT2D eigenvalue weighted by molar-refractivity contribution is 1.17. The van der Waals surface area contributed by atoms with Gasteiger partial charge in [-0.15, -0.1) is 0 Å². The highest BCUT2D eigenvalue weighted by Crippen LogP contribution is 2.26. The highest BCUT2D eigenvalue weighted by Gasteiger charge is 2.08. The Bertz CT molecular complexity index is 518. The van der Waals surface area contributed by atoms with Crippen LogP contribution in [0.25, 0.3) is 11.3 Å². The Labute approximate surface area is 103 Å². The summed E-state index contributed by atoms with van der Waals surface area (Å²) in [5, 5.41) is 0. The molecule has 2 rings (SSSR count). The third-order valence-electron chi connectivity index (χ3n) is 2.49. The standard InChI is InChI=1S/C12H12BrN3/c1-7-4-3-5-8(2)10(7)9-6-15-11(13)12(14)16-9/h3-6H,1-2H3,(H2,14,16). The Morgan fingerprint density at radius 2 is 1.81 bits per heavy atom. The Kier molecular flexibility index (Phi) is 2.92. The van der Waals surface area contributed by atoms with Gasteiger partial charge in [-0.2, -0.15) is 0 Å². The first-order chi connectivity index (χ1) is 7.59. The van der Waals surface area contributed by atoms with Crippen molar-refractivity contribution in [2.75, 3.05) is 5.73 Å². The van der Waals surface area contributed by atoms with Gasteiger partial charge in [0.1, 0.15) is 4.60 Å². The molecule has 0 aliphatic rings. The molecule has 0 unspecified atom stereocenters. The number of benzene rings is 1. The SMILES string of the molecule is Cc1cccc(C)c1-c1cnc(Br)c(N)n1. The molecule has 0 spiro atoms. The minimum Gasteiger partial charge on any atom is -0.381 e. The molecule has 0 aliphatic carbocycles. The number of aromatic nitrogens is 2. The summed E-state index contributed by atoms with van der Waals surface area (Å²) >= 11 is 3.24. The van der Waals surface area contributed by atoms with Gasteiger partial charge in [0.15, 0.2) is 5.82 Å². The summed E-state index contributed by atoms with van der Waals surface area (Å²) in [6, 6.07) is 6.15. The van der Waals surface area contributed by atoms with E-state index in [1.165, 1.54) is 11.1 Å². The number of halogens is 1. The molecule has 0 radical (unpaired) electrons. The Morgan fingerprint density at radius 3 is 2.38 bits per heavy atom. The van der Waals surface area contributed by atoms with Gasteiger partial charge in [0, 0.05) is 5.56 Å². The largest absolute Gasteiger partial charge is 0.381 e. The zero-order valence-electron chi connectivity index (χ0n) is 9.16. The molecule has 2 N–H and O–H groups in total. The minimum absolute atomic E-state index is 0.417. The second-order valence-electron chi connectivity index (χ2n) is 3.70. The van der Waals surface area contributed by atoms with Gasteiger partial charge in [0.2, 0.25) is 0 Å². The summed E-state index contributed by atoms with van der Waals surface area (Å²) in [6.07, 6.45) is 1.73. The number of rotatable bonds is 1. The van der Waals surface area contributed by atoms with Gasteiger partial charge in [0.25, 0.3) is 0 Å². The van der Waals surface area contributed by atoms with Gasteiger partial charge in [0.05, 0.1) is 11.9 Å². The van der Waals surface area contributed by atoms with E-state index < -0.39 is 0 Å². The van der Waals surface area contributed by atoms with Crippen molar-refractivity contribution >= 4 is 21.7 Å². The van der Waals surface area contributed by atoms with Gasteiger partial charge < -0.3 is 5.73 Å². The molecule has 1 heterocycles. The first kappa shape index (κ1) is 11.1. The average molecular weight is 278 g/mol. The van der Waals surface area contributed by atoms with Crippen LogP contribution in [0, 0.1) is 13.8 Å². The molecular weight excluding hydrogens is 266 g/mol. The van der Waals surface area contributed by atoms with E-state index in [-0.39, 0.29) is 0 Å². The topological polar surface area (TPSA) is 51.8 Å². The molecule has 0 bridgehead atoms. The zero-order chi connectivity index (χ0) is 11.7. The number of hydrogen-bond acceptors (Lipinski definition) is 3. The fraction of sp³-hybridized carbons (Fsp3) is 0.167. The van der Waals surface area contributed by atoms with E-state index >= 15 is 0 Å². The third kappa shape index (κ3) is 1.93. The van der Waals surface area contributed by atoms with Crippen molar-refractivity contribution in [2.24, 2.45) is 0 Å².